The van der Waals surface area contributed by atoms with Crippen LogP contribution in [0.2, 0.25) is 0 Å². The molecule has 0 aliphatic rings. The number of hydrogen-bond acceptors (Lipinski definition) is 3. The third-order valence-corrected chi connectivity index (χ3v) is 2.37. The van der Waals surface area contributed by atoms with Crippen LogP contribution >= 0.6 is 12.4 Å². The maximum atomic E-state index is 10.7. The third-order valence-electron chi connectivity index (χ3n) is 2.37. The normalized spacial score (nSPS) is 11.4. The highest BCUT2D eigenvalue weighted by Crippen LogP contribution is 2.13. The Morgan fingerprint density at radius 1 is 1.53 bits per heavy atom. The lowest BCUT2D eigenvalue weighted by Gasteiger charge is -2.13. The molecule has 0 saturated heterocycles. The number of benzene rings is 1. The average Bonchev–Trinajstić information content (AvgIpc) is 2.29. The molecule has 4 nitrogen and oxygen atoms in total. The lowest BCUT2D eigenvalue weighted by atomic mass is 10.2. The van der Waals surface area contributed by atoms with Crippen molar-refractivity contribution in [3.8, 4) is 5.75 Å². The van der Waals surface area contributed by atoms with Crippen LogP contribution in [0.15, 0.2) is 24.3 Å². The Morgan fingerprint density at radius 2 is 2.24 bits per heavy atom. The molecule has 0 amide bonds. The van der Waals surface area contributed by atoms with E-state index in [-0.39, 0.29) is 19.0 Å². The highest BCUT2D eigenvalue weighted by Gasteiger charge is 2.15. The molecule has 2 N–H and O–H groups in total. The first kappa shape index (κ1) is 15.7. The van der Waals surface area contributed by atoms with Crippen molar-refractivity contribution < 1.29 is 14.6 Å². The molecule has 1 aromatic carbocycles. The van der Waals surface area contributed by atoms with Gasteiger partial charge in [-0.2, -0.15) is 0 Å². The van der Waals surface area contributed by atoms with Crippen LogP contribution in [0.4, 0.5) is 0 Å². The van der Waals surface area contributed by atoms with Crippen molar-refractivity contribution in [1.82, 2.24) is 5.32 Å². The van der Waals surface area contributed by atoms with Gasteiger partial charge >= 0.3 is 5.97 Å². The molecule has 96 valence electrons. The second kappa shape index (κ2) is 7.92. The van der Waals surface area contributed by atoms with Gasteiger partial charge in [-0.05, 0) is 31.2 Å². The van der Waals surface area contributed by atoms with E-state index >= 15 is 0 Å². The summed E-state index contributed by atoms with van der Waals surface area (Å²) in [7, 11) is 1.60. The van der Waals surface area contributed by atoms with Crippen LogP contribution in [0.25, 0.3) is 0 Å². The summed E-state index contributed by atoms with van der Waals surface area (Å²) in [6, 6.07) is 7.00. The smallest absolute Gasteiger partial charge is 0.324 e. The first-order valence-corrected chi connectivity index (χ1v) is 5.29. The van der Waals surface area contributed by atoms with Gasteiger partial charge in [0.15, 0.2) is 0 Å². The highest BCUT2D eigenvalue weighted by molar-refractivity contribution is 5.85. The summed E-state index contributed by atoms with van der Waals surface area (Å²) in [5.41, 5.74) is 1.17. The minimum atomic E-state index is -0.908. The van der Waals surface area contributed by atoms with Crippen molar-refractivity contribution in [2.45, 2.75) is 19.4 Å². The van der Waals surface area contributed by atoms with Gasteiger partial charge in [0, 0.05) is 0 Å². The number of carbonyl (C=O) groups is 1. The number of aliphatic carboxylic acids is 1. The fraction of sp³-hybridized carbons (Fsp3) is 0.417. The summed E-state index contributed by atoms with van der Waals surface area (Å²) in [5, 5.41) is 11.5. The molecule has 0 bridgehead atoms. The number of halogens is 1. The number of carboxylic acid groups (broad SMARTS) is 1. The fourth-order valence-corrected chi connectivity index (χ4v) is 1.31. The second-order valence-corrected chi connectivity index (χ2v) is 3.49. The van der Waals surface area contributed by atoms with Gasteiger partial charge in [-0.25, -0.2) is 0 Å². The Labute approximate surface area is 107 Å². The van der Waals surface area contributed by atoms with Gasteiger partial charge in [-0.1, -0.05) is 19.1 Å². The zero-order valence-corrected chi connectivity index (χ0v) is 10.8. The van der Waals surface area contributed by atoms with Crippen molar-refractivity contribution in [2.24, 2.45) is 0 Å². The molecule has 1 rings (SSSR count). The fourth-order valence-electron chi connectivity index (χ4n) is 1.31. The molecule has 0 radical (unpaired) electrons. The Balaban J connectivity index is 0.00000256. The van der Waals surface area contributed by atoms with Crippen LogP contribution in [0.1, 0.15) is 12.5 Å². The molecule has 17 heavy (non-hydrogen) atoms. The molecule has 0 spiro atoms. The van der Waals surface area contributed by atoms with Crippen LogP contribution in [-0.4, -0.2) is 30.8 Å². The number of hydrogen-bond donors (Lipinski definition) is 2. The second-order valence-electron chi connectivity index (χ2n) is 3.49. The molecule has 0 aliphatic heterocycles. The zero-order valence-electron chi connectivity index (χ0n) is 9.97. The first-order valence-electron chi connectivity index (χ1n) is 5.29. The SMILES string of the molecule is CCc1cccc(OC[C@H](NC)C(=O)O)c1.Cl. The van der Waals surface area contributed by atoms with Crippen LogP contribution in [0, 0.1) is 0 Å². The van der Waals surface area contributed by atoms with Gasteiger partial charge in [0.25, 0.3) is 0 Å². The van der Waals surface area contributed by atoms with E-state index in [1.807, 2.05) is 24.3 Å². The van der Waals surface area contributed by atoms with E-state index in [4.69, 9.17) is 9.84 Å². The number of aryl methyl sites for hydroxylation is 1. The number of nitrogens with one attached hydrogen (secondary N) is 1. The quantitative estimate of drug-likeness (QED) is 0.817. The molecule has 1 atom stereocenters. The highest BCUT2D eigenvalue weighted by atomic mass is 35.5. The van der Waals surface area contributed by atoms with Crippen LogP contribution < -0.4 is 10.1 Å². The molecule has 5 heteroatoms. The predicted octanol–water partition coefficient (Wildman–Crippen LogP) is 1.72. The lowest BCUT2D eigenvalue weighted by molar-refractivity contribution is -0.140. The van der Waals surface area contributed by atoms with Crippen molar-refractivity contribution in [1.29, 1.82) is 0 Å². The largest absolute Gasteiger partial charge is 0.491 e. The minimum absolute atomic E-state index is 0. The Bertz CT molecular complexity index is 357. The van der Waals surface area contributed by atoms with E-state index in [0.29, 0.717) is 5.75 Å². The van der Waals surface area contributed by atoms with Crippen molar-refractivity contribution in [3.63, 3.8) is 0 Å². The van der Waals surface area contributed by atoms with Crippen molar-refractivity contribution >= 4 is 18.4 Å². The molecular formula is C12H18ClNO3. The standard InChI is InChI=1S/C12H17NO3.ClH/c1-3-9-5-4-6-10(7-9)16-8-11(13-2)12(14)15;/h4-7,11,13H,3,8H2,1-2H3,(H,14,15);1H/t11-;/m0./s1. The van der Waals surface area contributed by atoms with E-state index in [2.05, 4.69) is 12.2 Å². The monoisotopic (exact) mass is 259 g/mol. The zero-order chi connectivity index (χ0) is 12.0. The summed E-state index contributed by atoms with van der Waals surface area (Å²) in [4.78, 5) is 10.7. The van der Waals surface area contributed by atoms with Crippen molar-refractivity contribution in [3.05, 3.63) is 29.8 Å². The maximum Gasteiger partial charge on any atom is 0.324 e. The molecule has 0 unspecified atom stereocenters. The van der Waals surface area contributed by atoms with Gasteiger partial charge in [0.1, 0.15) is 18.4 Å². The lowest BCUT2D eigenvalue weighted by Crippen LogP contribution is -2.39. The summed E-state index contributed by atoms with van der Waals surface area (Å²) >= 11 is 0. The Hall–Kier alpha value is -1.26. The number of carboxylic acids is 1. The van der Waals surface area contributed by atoms with Crippen molar-refractivity contribution in [2.75, 3.05) is 13.7 Å². The third kappa shape index (κ3) is 5.06. The van der Waals surface area contributed by atoms with E-state index in [0.717, 1.165) is 6.42 Å². The van der Waals surface area contributed by atoms with Crippen LogP contribution in [-0.2, 0) is 11.2 Å². The Morgan fingerprint density at radius 3 is 2.76 bits per heavy atom. The first-order chi connectivity index (χ1) is 7.67. The molecule has 0 fully saturated rings. The Kier molecular flexibility index (Phi) is 7.34. The van der Waals surface area contributed by atoms with Gasteiger partial charge < -0.3 is 15.2 Å². The van der Waals surface area contributed by atoms with Crippen LogP contribution in [0.5, 0.6) is 5.75 Å². The summed E-state index contributed by atoms with van der Waals surface area (Å²) in [6.07, 6.45) is 0.936. The molecule has 0 heterocycles. The molecule has 0 saturated carbocycles. The van der Waals surface area contributed by atoms with E-state index in [1.165, 1.54) is 5.56 Å². The minimum Gasteiger partial charge on any atom is -0.491 e. The van der Waals surface area contributed by atoms with Gasteiger partial charge in [-0.15, -0.1) is 12.4 Å². The van der Waals surface area contributed by atoms with E-state index in [9.17, 15) is 4.79 Å². The summed E-state index contributed by atoms with van der Waals surface area (Å²) < 4.78 is 5.42. The van der Waals surface area contributed by atoms with Gasteiger partial charge in [-0.3, -0.25) is 4.79 Å². The van der Waals surface area contributed by atoms with Crippen LogP contribution in [0.3, 0.4) is 0 Å². The van der Waals surface area contributed by atoms with Gasteiger partial charge in [0.05, 0.1) is 0 Å². The maximum absolute atomic E-state index is 10.7. The summed E-state index contributed by atoms with van der Waals surface area (Å²) in [6.45, 7) is 2.19. The molecule has 0 aromatic heterocycles. The van der Waals surface area contributed by atoms with E-state index in [1.54, 1.807) is 7.05 Å². The van der Waals surface area contributed by atoms with Gasteiger partial charge in [0.2, 0.25) is 0 Å². The number of rotatable bonds is 6. The average molecular weight is 260 g/mol. The number of ether oxygens (including phenoxy) is 1. The van der Waals surface area contributed by atoms with E-state index < -0.39 is 12.0 Å². The summed E-state index contributed by atoms with van der Waals surface area (Å²) in [5.74, 6) is -0.199. The topological polar surface area (TPSA) is 58.6 Å². The predicted molar refractivity (Wildman–Crippen MR) is 69.0 cm³/mol. The molecular weight excluding hydrogens is 242 g/mol. The molecule has 1 aromatic rings. The molecule has 0 aliphatic carbocycles. The number of likely N-dealkylation sites (N-methyl/N-ethyl adjacent to an activating group) is 1.